The molecule has 0 radical (unpaired) electrons. The molecule has 2 aromatic rings. The van der Waals surface area contributed by atoms with Crippen LogP contribution in [-0.2, 0) is 26.3 Å². The molecule has 1 aliphatic heterocycles. The van der Waals surface area contributed by atoms with Gasteiger partial charge in [0.25, 0.3) is 5.91 Å². The van der Waals surface area contributed by atoms with Crippen molar-refractivity contribution >= 4 is 23.3 Å². The highest BCUT2D eigenvalue weighted by molar-refractivity contribution is 6.12. The standard InChI is InChI=1S/C23H25NO5/c1-3-7-16-10-12-17(13-11-16)20(25)14-23(28)18-8-5-6-9-19(18)24(22(23)27)15-21(26)29-4-2/h5-6,8-13,28H,3-4,7,14-15H2,1-2H3. The molecule has 1 N–H and O–H groups in total. The minimum absolute atomic E-state index is 0.194. The van der Waals surface area contributed by atoms with E-state index < -0.39 is 23.9 Å². The van der Waals surface area contributed by atoms with Gasteiger partial charge in [-0.2, -0.15) is 0 Å². The summed E-state index contributed by atoms with van der Waals surface area (Å²) < 4.78 is 4.94. The fraction of sp³-hybridized carbons (Fsp3) is 0.348. The number of aryl methyl sites for hydroxylation is 1. The lowest BCUT2D eigenvalue weighted by Crippen LogP contribution is -2.44. The van der Waals surface area contributed by atoms with Gasteiger partial charge in [-0.1, -0.05) is 55.8 Å². The van der Waals surface area contributed by atoms with Crippen molar-refractivity contribution in [2.75, 3.05) is 18.1 Å². The van der Waals surface area contributed by atoms with Gasteiger partial charge in [0.15, 0.2) is 11.4 Å². The topological polar surface area (TPSA) is 83.9 Å². The van der Waals surface area contributed by atoms with Crippen LogP contribution in [-0.4, -0.2) is 35.9 Å². The fourth-order valence-electron chi connectivity index (χ4n) is 3.65. The van der Waals surface area contributed by atoms with Crippen molar-refractivity contribution in [3.63, 3.8) is 0 Å². The number of hydrogen-bond acceptors (Lipinski definition) is 5. The molecule has 0 aliphatic carbocycles. The van der Waals surface area contributed by atoms with Crippen LogP contribution in [0.2, 0.25) is 0 Å². The van der Waals surface area contributed by atoms with E-state index in [4.69, 9.17) is 4.74 Å². The molecule has 6 heteroatoms. The van der Waals surface area contributed by atoms with Crippen LogP contribution in [0.15, 0.2) is 48.5 Å². The van der Waals surface area contributed by atoms with Gasteiger partial charge in [-0.25, -0.2) is 0 Å². The number of hydrogen-bond donors (Lipinski definition) is 1. The summed E-state index contributed by atoms with van der Waals surface area (Å²) in [6, 6.07) is 13.9. The average Bonchev–Trinajstić information content (AvgIpc) is 2.91. The van der Waals surface area contributed by atoms with E-state index in [1.807, 2.05) is 12.1 Å². The maximum Gasteiger partial charge on any atom is 0.326 e. The lowest BCUT2D eigenvalue weighted by Gasteiger charge is -2.22. The van der Waals surface area contributed by atoms with E-state index in [0.717, 1.165) is 18.4 Å². The molecule has 1 heterocycles. The zero-order valence-electron chi connectivity index (χ0n) is 16.7. The van der Waals surface area contributed by atoms with Crippen molar-refractivity contribution in [1.82, 2.24) is 0 Å². The Morgan fingerprint density at radius 3 is 2.41 bits per heavy atom. The first-order valence-corrected chi connectivity index (χ1v) is 9.82. The molecule has 0 saturated carbocycles. The molecule has 1 aliphatic rings. The number of benzene rings is 2. The summed E-state index contributed by atoms with van der Waals surface area (Å²) in [5.74, 6) is -1.60. The van der Waals surface area contributed by atoms with E-state index in [9.17, 15) is 19.5 Å². The number of nitrogens with zero attached hydrogens (tertiary/aromatic N) is 1. The number of amides is 1. The predicted molar refractivity (Wildman–Crippen MR) is 109 cm³/mol. The Kier molecular flexibility index (Phi) is 6.13. The number of rotatable bonds is 8. The zero-order chi connectivity index (χ0) is 21.0. The SMILES string of the molecule is CCCc1ccc(C(=O)CC2(O)C(=O)N(CC(=O)OCC)c3ccccc32)cc1. The molecule has 0 bridgehead atoms. The van der Waals surface area contributed by atoms with Gasteiger partial charge in [-0.05, 0) is 25.0 Å². The predicted octanol–water partition coefficient (Wildman–Crippen LogP) is 3.01. The zero-order valence-corrected chi connectivity index (χ0v) is 16.7. The molecule has 0 aromatic heterocycles. The Balaban J connectivity index is 1.86. The maximum atomic E-state index is 13.0. The van der Waals surface area contributed by atoms with Crippen LogP contribution in [0.4, 0.5) is 5.69 Å². The minimum Gasteiger partial charge on any atom is -0.465 e. The summed E-state index contributed by atoms with van der Waals surface area (Å²) in [6.45, 7) is 3.64. The van der Waals surface area contributed by atoms with Crippen LogP contribution in [0.25, 0.3) is 0 Å². The van der Waals surface area contributed by atoms with Crippen LogP contribution in [0.5, 0.6) is 0 Å². The number of carbonyl (C=O) groups excluding carboxylic acids is 3. The number of carbonyl (C=O) groups is 3. The van der Waals surface area contributed by atoms with Crippen molar-refractivity contribution in [3.8, 4) is 0 Å². The van der Waals surface area contributed by atoms with Crippen LogP contribution in [0, 0.1) is 0 Å². The van der Waals surface area contributed by atoms with Crippen LogP contribution < -0.4 is 4.90 Å². The molecule has 3 rings (SSSR count). The largest absolute Gasteiger partial charge is 0.465 e. The smallest absolute Gasteiger partial charge is 0.326 e. The molecular weight excluding hydrogens is 370 g/mol. The summed E-state index contributed by atoms with van der Waals surface area (Å²) >= 11 is 0. The monoisotopic (exact) mass is 395 g/mol. The van der Waals surface area contributed by atoms with E-state index in [1.165, 1.54) is 4.90 Å². The van der Waals surface area contributed by atoms with Crippen molar-refractivity contribution in [1.29, 1.82) is 0 Å². The molecule has 1 atom stereocenters. The second-order valence-corrected chi connectivity index (χ2v) is 7.12. The molecule has 0 fully saturated rings. The Labute approximate surface area is 170 Å². The number of Topliss-reactive ketones (excluding diaryl/α,β-unsaturated/α-hetero) is 1. The Morgan fingerprint density at radius 2 is 1.76 bits per heavy atom. The molecule has 152 valence electrons. The summed E-state index contributed by atoms with van der Waals surface area (Å²) in [6.07, 6.45) is 1.54. The fourth-order valence-corrected chi connectivity index (χ4v) is 3.65. The Hall–Kier alpha value is -2.99. The number of para-hydroxylation sites is 1. The second kappa shape index (κ2) is 8.57. The van der Waals surface area contributed by atoms with Gasteiger partial charge in [-0.3, -0.25) is 19.3 Å². The van der Waals surface area contributed by atoms with Gasteiger partial charge >= 0.3 is 5.97 Å². The highest BCUT2D eigenvalue weighted by atomic mass is 16.5. The molecular formula is C23H25NO5. The van der Waals surface area contributed by atoms with Gasteiger partial charge in [0.05, 0.1) is 18.7 Å². The van der Waals surface area contributed by atoms with Crippen molar-refractivity contribution in [2.24, 2.45) is 0 Å². The molecule has 29 heavy (non-hydrogen) atoms. The van der Waals surface area contributed by atoms with E-state index >= 15 is 0 Å². The number of ketones is 1. The lowest BCUT2D eigenvalue weighted by atomic mass is 9.88. The normalized spacial score (nSPS) is 17.9. The third-order valence-electron chi connectivity index (χ3n) is 5.06. The van der Waals surface area contributed by atoms with E-state index in [-0.39, 0.29) is 18.9 Å². The van der Waals surface area contributed by atoms with Gasteiger partial charge in [0, 0.05) is 11.1 Å². The summed E-state index contributed by atoms with van der Waals surface area (Å²) in [5.41, 5.74) is 0.296. The van der Waals surface area contributed by atoms with Crippen LogP contribution in [0.1, 0.15) is 48.2 Å². The number of ether oxygens (including phenoxy) is 1. The van der Waals surface area contributed by atoms with Gasteiger partial charge in [-0.15, -0.1) is 0 Å². The number of fused-ring (bicyclic) bond motifs is 1. The molecule has 2 aromatic carbocycles. The van der Waals surface area contributed by atoms with Crippen molar-refractivity contribution in [2.45, 2.75) is 38.7 Å². The third kappa shape index (κ3) is 4.07. The first-order valence-electron chi connectivity index (χ1n) is 9.82. The van der Waals surface area contributed by atoms with Crippen LogP contribution >= 0.6 is 0 Å². The molecule has 0 saturated heterocycles. The van der Waals surface area contributed by atoms with E-state index in [0.29, 0.717) is 16.8 Å². The number of esters is 1. The minimum atomic E-state index is -2.01. The maximum absolute atomic E-state index is 13.0. The van der Waals surface area contributed by atoms with Gasteiger partial charge in [0.1, 0.15) is 6.54 Å². The summed E-state index contributed by atoms with van der Waals surface area (Å²) in [7, 11) is 0. The molecule has 1 amide bonds. The Morgan fingerprint density at radius 1 is 1.07 bits per heavy atom. The molecule has 6 nitrogen and oxygen atoms in total. The van der Waals surface area contributed by atoms with E-state index in [1.54, 1.807) is 43.3 Å². The summed E-state index contributed by atoms with van der Waals surface area (Å²) in [4.78, 5) is 39.0. The van der Waals surface area contributed by atoms with E-state index in [2.05, 4.69) is 6.92 Å². The highest BCUT2D eigenvalue weighted by Gasteiger charge is 2.51. The first kappa shape index (κ1) is 20.7. The van der Waals surface area contributed by atoms with Crippen LogP contribution in [0.3, 0.4) is 0 Å². The Bertz CT molecular complexity index is 921. The number of anilines is 1. The molecule has 1 unspecified atom stereocenters. The third-order valence-corrected chi connectivity index (χ3v) is 5.06. The summed E-state index contributed by atoms with van der Waals surface area (Å²) in [5, 5.41) is 11.2. The average molecular weight is 395 g/mol. The first-order chi connectivity index (χ1) is 13.9. The number of aliphatic hydroxyl groups is 1. The highest BCUT2D eigenvalue weighted by Crippen LogP contribution is 2.42. The second-order valence-electron chi connectivity index (χ2n) is 7.12. The van der Waals surface area contributed by atoms with Gasteiger partial charge < -0.3 is 9.84 Å². The van der Waals surface area contributed by atoms with Crippen molar-refractivity contribution in [3.05, 3.63) is 65.2 Å². The lowest BCUT2D eigenvalue weighted by molar-refractivity contribution is -0.144. The quantitative estimate of drug-likeness (QED) is 0.549. The van der Waals surface area contributed by atoms with Crippen molar-refractivity contribution < 1.29 is 24.2 Å². The van der Waals surface area contributed by atoms with Gasteiger partial charge in [0.2, 0.25) is 0 Å². The molecule has 0 spiro atoms.